The highest BCUT2D eigenvalue weighted by molar-refractivity contribution is 5.96. The van der Waals surface area contributed by atoms with E-state index in [9.17, 15) is 4.79 Å². The summed E-state index contributed by atoms with van der Waals surface area (Å²) in [4.78, 5) is 16.1. The van der Waals surface area contributed by atoms with Gasteiger partial charge in [-0.05, 0) is 29.8 Å². The molecule has 5 nitrogen and oxygen atoms in total. The second-order valence-electron chi connectivity index (χ2n) is 5.52. The fourth-order valence-corrected chi connectivity index (χ4v) is 2.39. The highest BCUT2D eigenvalue weighted by atomic mass is 16.1. The minimum absolute atomic E-state index is 0.106. The van der Waals surface area contributed by atoms with Gasteiger partial charge in [-0.2, -0.15) is 0 Å². The molecule has 126 valence electrons. The van der Waals surface area contributed by atoms with Gasteiger partial charge >= 0.3 is 0 Å². The molecule has 1 amide bonds. The second-order valence-corrected chi connectivity index (χ2v) is 5.52. The van der Waals surface area contributed by atoms with Gasteiger partial charge in [0.15, 0.2) is 0 Å². The first kappa shape index (κ1) is 16.5. The van der Waals surface area contributed by atoms with E-state index in [1.807, 2.05) is 54.6 Å². The number of hydrogen-bond acceptors (Lipinski definition) is 4. The van der Waals surface area contributed by atoms with Crippen LogP contribution >= 0.6 is 0 Å². The minimum Gasteiger partial charge on any atom is -0.379 e. The fraction of sp³-hybridized carbons (Fsp3) is 0.100. The summed E-state index contributed by atoms with van der Waals surface area (Å²) in [6.07, 6.45) is 3.37. The molecule has 5 heteroatoms. The first-order valence-corrected chi connectivity index (χ1v) is 8.12. The number of carbonyl (C=O) groups excluding carboxylic acids is 1. The molecule has 25 heavy (non-hydrogen) atoms. The summed E-state index contributed by atoms with van der Waals surface area (Å²) in [7, 11) is 0. The molecule has 1 heterocycles. The number of pyridine rings is 1. The summed E-state index contributed by atoms with van der Waals surface area (Å²) in [5.74, 6) is -0.106. The van der Waals surface area contributed by atoms with Crippen molar-refractivity contribution in [3.8, 4) is 0 Å². The molecule has 3 aromatic rings. The molecule has 0 unspecified atom stereocenters. The number of nitrogens with zero attached hydrogens (tertiary/aromatic N) is 1. The van der Waals surface area contributed by atoms with Crippen molar-refractivity contribution >= 4 is 23.0 Å². The largest absolute Gasteiger partial charge is 0.379 e. The fourth-order valence-electron chi connectivity index (χ4n) is 2.39. The average Bonchev–Trinajstić information content (AvgIpc) is 2.67. The Morgan fingerprint density at radius 3 is 2.24 bits per heavy atom. The van der Waals surface area contributed by atoms with Gasteiger partial charge in [0.25, 0.3) is 0 Å². The van der Waals surface area contributed by atoms with Crippen molar-refractivity contribution in [1.82, 2.24) is 4.98 Å². The third-order valence-electron chi connectivity index (χ3n) is 3.66. The third-order valence-corrected chi connectivity index (χ3v) is 3.66. The van der Waals surface area contributed by atoms with Gasteiger partial charge in [0.05, 0.1) is 17.9 Å². The highest BCUT2D eigenvalue weighted by Crippen LogP contribution is 2.21. The Kier molecular flexibility index (Phi) is 5.61. The quantitative estimate of drug-likeness (QED) is 0.616. The molecule has 0 bridgehead atoms. The van der Waals surface area contributed by atoms with Crippen LogP contribution in [-0.2, 0) is 11.3 Å². The van der Waals surface area contributed by atoms with Gasteiger partial charge in [0.1, 0.15) is 0 Å². The molecular weight excluding hydrogens is 312 g/mol. The predicted octanol–water partition coefficient (Wildman–Crippen LogP) is 3.74. The summed E-state index contributed by atoms with van der Waals surface area (Å²) in [5.41, 5.74) is 3.70. The zero-order chi connectivity index (χ0) is 17.3. The number of para-hydroxylation sites is 2. The van der Waals surface area contributed by atoms with E-state index in [1.54, 1.807) is 12.4 Å². The second kappa shape index (κ2) is 8.49. The SMILES string of the molecule is O=C(CNc1ccncc1)Nc1ccccc1NCc1ccccc1. The number of benzene rings is 2. The molecule has 0 saturated carbocycles. The van der Waals surface area contributed by atoms with Gasteiger partial charge in [0.2, 0.25) is 5.91 Å². The summed E-state index contributed by atoms with van der Waals surface area (Å²) in [6.45, 7) is 0.889. The Morgan fingerprint density at radius 2 is 1.48 bits per heavy atom. The lowest BCUT2D eigenvalue weighted by Gasteiger charge is -2.13. The molecule has 0 radical (unpaired) electrons. The number of amides is 1. The monoisotopic (exact) mass is 332 g/mol. The first-order valence-electron chi connectivity index (χ1n) is 8.12. The molecule has 3 N–H and O–H groups in total. The Labute approximate surface area is 147 Å². The summed E-state index contributed by atoms with van der Waals surface area (Å²) in [5, 5.41) is 9.37. The van der Waals surface area contributed by atoms with Crippen molar-refractivity contribution in [2.75, 3.05) is 22.5 Å². The lowest BCUT2D eigenvalue weighted by molar-refractivity contribution is -0.114. The summed E-state index contributed by atoms with van der Waals surface area (Å²) < 4.78 is 0. The van der Waals surface area contributed by atoms with Gasteiger partial charge in [-0.25, -0.2) is 0 Å². The number of hydrogen-bond donors (Lipinski definition) is 3. The third kappa shape index (κ3) is 5.07. The van der Waals surface area contributed by atoms with Crippen molar-refractivity contribution in [3.05, 3.63) is 84.7 Å². The van der Waals surface area contributed by atoms with Crippen molar-refractivity contribution in [1.29, 1.82) is 0 Å². The molecule has 0 aliphatic carbocycles. The van der Waals surface area contributed by atoms with Gasteiger partial charge in [0, 0.05) is 24.6 Å². The molecule has 1 aromatic heterocycles. The zero-order valence-electron chi connectivity index (χ0n) is 13.8. The molecule has 0 spiro atoms. The molecule has 2 aromatic carbocycles. The van der Waals surface area contributed by atoms with Gasteiger partial charge in [-0.15, -0.1) is 0 Å². The lowest BCUT2D eigenvalue weighted by atomic mass is 10.2. The van der Waals surface area contributed by atoms with Crippen LogP contribution < -0.4 is 16.0 Å². The first-order chi connectivity index (χ1) is 12.3. The number of aromatic nitrogens is 1. The van der Waals surface area contributed by atoms with E-state index in [2.05, 4.69) is 33.1 Å². The van der Waals surface area contributed by atoms with Crippen molar-refractivity contribution in [2.24, 2.45) is 0 Å². The van der Waals surface area contributed by atoms with Crippen LogP contribution in [0.2, 0.25) is 0 Å². The molecule has 0 aliphatic rings. The van der Waals surface area contributed by atoms with E-state index < -0.39 is 0 Å². The predicted molar refractivity (Wildman–Crippen MR) is 102 cm³/mol. The van der Waals surface area contributed by atoms with Crippen LogP contribution in [-0.4, -0.2) is 17.4 Å². The van der Waals surface area contributed by atoms with Crippen molar-refractivity contribution in [2.45, 2.75) is 6.54 Å². The van der Waals surface area contributed by atoms with E-state index in [0.717, 1.165) is 17.1 Å². The Bertz CT molecular complexity index is 806. The Hall–Kier alpha value is -3.34. The minimum atomic E-state index is -0.106. The number of carbonyl (C=O) groups is 1. The smallest absolute Gasteiger partial charge is 0.243 e. The lowest BCUT2D eigenvalue weighted by Crippen LogP contribution is -2.22. The van der Waals surface area contributed by atoms with E-state index in [-0.39, 0.29) is 12.5 Å². The van der Waals surface area contributed by atoms with Crippen LogP contribution in [0.25, 0.3) is 0 Å². The van der Waals surface area contributed by atoms with Gasteiger partial charge in [-0.3, -0.25) is 9.78 Å². The van der Waals surface area contributed by atoms with Crippen LogP contribution in [0.4, 0.5) is 17.1 Å². The standard InChI is InChI=1S/C20H20N4O/c25-20(15-22-17-10-12-21-13-11-17)24-19-9-5-4-8-18(19)23-14-16-6-2-1-3-7-16/h1-13,23H,14-15H2,(H,21,22)(H,24,25). The maximum absolute atomic E-state index is 12.2. The van der Waals surface area contributed by atoms with E-state index >= 15 is 0 Å². The molecular formula is C20H20N4O. The number of nitrogens with one attached hydrogen (secondary N) is 3. The molecule has 0 atom stereocenters. The average molecular weight is 332 g/mol. The maximum atomic E-state index is 12.2. The zero-order valence-corrected chi connectivity index (χ0v) is 13.8. The van der Waals surface area contributed by atoms with Gasteiger partial charge < -0.3 is 16.0 Å². The maximum Gasteiger partial charge on any atom is 0.243 e. The molecule has 0 fully saturated rings. The Morgan fingerprint density at radius 1 is 0.800 bits per heavy atom. The van der Waals surface area contributed by atoms with Crippen LogP contribution in [0, 0.1) is 0 Å². The molecule has 0 aliphatic heterocycles. The van der Waals surface area contributed by atoms with Crippen LogP contribution in [0.1, 0.15) is 5.56 Å². The van der Waals surface area contributed by atoms with Crippen LogP contribution in [0.15, 0.2) is 79.1 Å². The van der Waals surface area contributed by atoms with Crippen molar-refractivity contribution < 1.29 is 4.79 Å². The van der Waals surface area contributed by atoms with E-state index in [0.29, 0.717) is 6.54 Å². The number of anilines is 3. The normalized spacial score (nSPS) is 10.1. The van der Waals surface area contributed by atoms with Crippen molar-refractivity contribution in [3.63, 3.8) is 0 Å². The number of rotatable bonds is 7. The topological polar surface area (TPSA) is 66.0 Å². The van der Waals surface area contributed by atoms with E-state index in [1.165, 1.54) is 5.56 Å². The van der Waals surface area contributed by atoms with Crippen LogP contribution in [0.3, 0.4) is 0 Å². The molecule has 3 rings (SSSR count). The highest BCUT2D eigenvalue weighted by Gasteiger charge is 2.06. The van der Waals surface area contributed by atoms with Crippen LogP contribution in [0.5, 0.6) is 0 Å². The summed E-state index contributed by atoms with van der Waals surface area (Å²) >= 11 is 0. The summed E-state index contributed by atoms with van der Waals surface area (Å²) in [6, 6.07) is 21.5. The van der Waals surface area contributed by atoms with E-state index in [4.69, 9.17) is 0 Å². The Balaban J connectivity index is 1.57. The van der Waals surface area contributed by atoms with Gasteiger partial charge in [-0.1, -0.05) is 42.5 Å². The molecule has 0 saturated heterocycles.